The maximum Gasteiger partial charge on any atom is 0.409 e. The van der Waals surface area contributed by atoms with E-state index in [9.17, 15) is 14.4 Å². The van der Waals surface area contributed by atoms with Gasteiger partial charge in [0.05, 0.1) is 12.2 Å². The van der Waals surface area contributed by atoms with Crippen LogP contribution < -0.4 is 0 Å². The van der Waals surface area contributed by atoms with Gasteiger partial charge in [0.2, 0.25) is 0 Å². The third-order valence-electron chi connectivity index (χ3n) is 5.58. The van der Waals surface area contributed by atoms with Gasteiger partial charge in [-0.2, -0.15) is 0 Å². The minimum absolute atomic E-state index is 0.0688. The number of piperazine rings is 1. The Morgan fingerprint density at radius 1 is 1.00 bits per heavy atom. The van der Waals surface area contributed by atoms with Gasteiger partial charge in [0.1, 0.15) is 0 Å². The zero-order valence-electron chi connectivity index (χ0n) is 16.7. The molecule has 152 valence electrons. The number of piperidine rings is 1. The third kappa shape index (κ3) is 4.52. The van der Waals surface area contributed by atoms with Gasteiger partial charge in [-0.1, -0.05) is 18.2 Å². The van der Waals surface area contributed by atoms with Crippen LogP contribution in [-0.2, 0) is 4.74 Å². The molecule has 2 amide bonds. The van der Waals surface area contributed by atoms with E-state index in [1.54, 1.807) is 29.2 Å². The van der Waals surface area contributed by atoms with Crippen LogP contribution >= 0.6 is 0 Å². The number of hydrogen-bond donors (Lipinski definition) is 0. The summed E-state index contributed by atoms with van der Waals surface area (Å²) in [4.78, 5) is 42.8. The summed E-state index contributed by atoms with van der Waals surface area (Å²) in [6.45, 7) is 7.94. The van der Waals surface area contributed by atoms with Crippen LogP contribution in [0.15, 0.2) is 24.3 Å². The predicted molar refractivity (Wildman–Crippen MR) is 106 cm³/mol. The number of ketones is 1. The predicted octanol–water partition coefficient (Wildman–Crippen LogP) is 2.27. The van der Waals surface area contributed by atoms with Gasteiger partial charge in [0.25, 0.3) is 5.91 Å². The number of amides is 2. The van der Waals surface area contributed by atoms with Crippen molar-refractivity contribution in [2.75, 3.05) is 45.9 Å². The second-order valence-corrected chi connectivity index (χ2v) is 7.37. The van der Waals surface area contributed by atoms with Gasteiger partial charge >= 0.3 is 6.09 Å². The fraction of sp³-hybridized carbons (Fsp3) is 0.571. The highest BCUT2D eigenvalue weighted by Crippen LogP contribution is 2.21. The van der Waals surface area contributed by atoms with Crippen LogP contribution in [0.5, 0.6) is 0 Å². The summed E-state index contributed by atoms with van der Waals surface area (Å²) in [5.41, 5.74) is 0.973. The first-order valence-electron chi connectivity index (χ1n) is 10.1. The molecule has 0 bridgehead atoms. The Bertz CT molecular complexity index is 728. The fourth-order valence-corrected chi connectivity index (χ4v) is 4.07. The lowest BCUT2D eigenvalue weighted by Crippen LogP contribution is -2.56. The Labute approximate surface area is 166 Å². The Hall–Kier alpha value is -2.41. The summed E-state index contributed by atoms with van der Waals surface area (Å²) < 4.78 is 5.08. The van der Waals surface area contributed by atoms with Gasteiger partial charge in [-0.25, -0.2) is 4.79 Å². The second-order valence-electron chi connectivity index (χ2n) is 7.37. The molecule has 0 aliphatic carbocycles. The van der Waals surface area contributed by atoms with Crippen molar-refractivity contribution in [2.45, 2.75) is 32.7 Å². The smallest absolute Gasteiger partial charge is 0.409 e. The molecule has 1 aromatic carbocycles. The molecule has 0 radical (unpaired) electrons. The van der Waals surface area contributed by atoms with E-state index in [-0.39, 0.29) is 23.8 Å². The topological polar surface area (TPSA) is 70.2 Å². The summed E-state index contributed by atoms with van der Waals surface area (Å²) >= 11 is 0. The number of hydrogen-bond acceptors (Lipinski definition) is 5. The molecule has 28 heavy (non-hydrogen) atoms. The second kappa shape index (κ2) is 9.19. The maximum absolute atomic E-state index is 13.1. The molecule has 0 aromatic heterocycles. The first-order valence-corrected chi connectivity index (χ1v) is 10.1. The fourth-order valence-electron chi connectivity index (χ4n) is 4.07. The van der Waals surface area contributed by atoms with Crippen LogP contribution in [-0.4, -0.2) is 84.4 Å². The lowest BCUT2D eigenvalue weighted by molar-refractivity contribution is 0.0377. The molecule has 2 fully saturated rings. The number of Topliss-reactive ketones (excluding diaryl/α,β-unsaturated/α-hetero) is 1. The van der Waals surface area contributed by atoms with Crippen molar-refractivity contribution in [3.05, 3.63) is 35.4 Å². The molecule has 2 saturated heterocycles. The third-order valence-corrected chi connectivity index (χ3v) is 5.58. The number of ether oxygens (including phenoxy) is 1. The van der Waals surface area contributed by atoms with Crippen LogP contribution in [0.3, 0.4) is 0 Å². The number of benzene rings is 1. The molecule has 0 spiro atoms. The summed E-state index contributed by atoms with van der Waals surface area (Å²) in [6.07, 6.45) is 1.73. The van der Waals surface area contributed by atoms with Crippen molar-refractivity contribution in [1.29, 1.82) is 0 Å². The van der Waals surface area contributed by atoms with Crippen molar-refractivity contribution < 1.29 is 19.1 Å². The van der Waals surface area contributed by atoms with Crippen LogP contribution in [0.4, 0.5) is 4.79 Å². The van der Waals surface area contributed by atoms with E-state index in [2.05, 4.69) is 4.90 Å². The molecule has 7 nitrogen and oxygen atoms in total. The van der Waals surface area contributed by atoms with E-state index in [0.717, 1.165) is 25.9 Å². The lowest BCUT2D eigenvalue weighted by Gasteiger charge is -2.43. The molecule has 1 aromatic rings. The highest BCUT2D eigenvalue weighted by molar-refractivity contribution is 6.07. The Morgan fingerprint density at radius 3 is 2.32 bits per heavy atom. The van der Waals surface area contributed by atoms with Crippen molar-refractivity contribution in [1.82, 2.24) is 14.7 Å². The molecular weight excluding hydrogens is 358 g/mol. The van der Waals surface area contributed by atoms with Gasteiger partial charge in [-0.3, -0.25) is 14.5 Å². The standard InChI is InChI=1S/C21H29N3O4/c1-3-28-21(27)23-13-11-22(12-14-23)17-7-6-10-24(15-17)20(26)19-9-5-4-8-18(19)16(2)25/h4-5,8-9,17H,3,6-7,10-15H2,1-2H3/t17-/m0/s1. The number of carbonyl (C=O) groups is 3. The van der Waals surface area contributed by atoms with Gasteiger partial charge < -0.3 is 14.5 Å². The van der Waals surface area contributed by atoms with Crippen molar-refractivity contribution >= 4 is 17.8 Å². The van der Waals surface area contributed by atoms with E-state index < -0.39 is 0 Å². The first kappa shape index (κ1) is 20.3. The van der Waals surface area contributed by atoms with E-state index in [4.69, 9.17) is 4.74 Å². The lowest BCUT2D eigenvalue weighted by atomic mass is 9.99. The van der Waals surface area contributed by atoms with Gasteiger partial charge in [0.15, 0.2) is 5.78 Å². The molecule has 0 unspecified atom stereocenters. The molecule has 2 heterocycles. The van der Waals surface area contributed by atoms with E-state index in [1.807, 2.05) is 11.8 Å². The number of rotatable bonds is 4. The van der Waals surface area contributed by atoms with E-state index in [0.29, 0.717) is 43.9 Å². The average molecular weight is 387 g/mol. The van der Waals surface area contributed by atoms with E-state index >= 15 is 0 Å². The number of likely N-dealkylation sites (tertiary alicyclic amines) is 1. The zero-order chi connectivity index (χ0) is 20.1. The summed E-state index contributed by atoms with van der Waals surface area (Å²) in [7, 11) is 0. The van der Waals surface area contributed by atoms with Crippen LogP contribution in [0.2, 0.25) is 0 Å². The SMILES string of the molecule is CCOC(=O)N1CCN([C@H]2CCCN(C(=O)c3ccccc3C(C)=O)C2)CC1. The number of nitrogens with zero attached hydrogens (tertiary/aromatic N) is 3. The minimum Gasteiger partial charge on any atom is -0.450 e. The normalized spacial score (nSPS) is 20.7. The molecule has 0 N–H and O–H groups in total. The molecule has 7 heteroatoms. The highest BCUT2D eigenvalue weighted by Gasteiger charge is 2.32. The molecule has 2 aliphatic rings. The van der Waals surface area contributed by atoms with Crippen molar-refractivity contribution in [3.8, 4) is 0 Å². The quantitative estimate of drug-likeness (QED) is 0.742. The molecular formula is C21H29N3O4. The average Bonchev–Trinajstić information content (AvgIpc) is 2.73. The minimum atomic E-state index is -0.247. The largest absolute Gasteiger partial charge is 0.450 e. The summed E-state index contributed by atoms with van der Waals surface area (Å²) in [6, 6.07) is 7.32. The van der Waals surface area contributed by atoms with Crippen LogP contribution in [0.25, 0.3) is 0 Å². The van der Waals surface area contributed by atoms with Gasteiger partial charge in [-0.05, 0) is 32.8 Å². The molecule has 0 saturated carbocycles. The molecule has 3 rings (SSSR count). The number of carbonyl (C=O) groups excluding carboxylic acids is 3. The Kier molecular flexibility index (Phi) is 6.67. The Balaban J connectivity index is 1.61. The monoisotopic (exact) mass is 387 g/mol. The van der Waals surface area contributed by atoms with Gasteiger partial charge in [0, 0.05) is 50.9 Å². The molecule has 1 atom stereocenters. The van der Waals surface area contributed by atoms with Gasteiger partial charge in [-0.15, -0.1) is 0 Å². The van der Waals surface area contributed by atoms with Crippen molar-refractivity contribution in [2.24, 2.45) is 0 Å². The summed E-state index contributed by atoms with van der Waals surface area (Å²) in [5.74, 6) is -0.159. The maximum atomic E-state index is 13.1. The van der Waals surface area contributed by atoms with Crippen LogP contribution in [0.1, 0.15) is 47.4 Å². The van der Waals surface area contributed by atoms with E-state index in [1.165, 1.54) is 6.92 Å². The molecule has 2 aliphatic heterocycles. The van der Waals surface area contributed by atoms with Crippen molar-refractivity contribution in [3.63, 3.8) is 0 Å². The van der Waals surface area contributed by atoms with Crippen LogP contribution in [0, 0.1) is 0 Å². The summed E-state index contributed by atoms with van der Waals surface area (Å²) in [5, 5.41) is 0. The highest BCUT2D eigenvalue weighted by atomic mass is 16.6. The Morgan fingerprint density at radius 2 is 1.68 bits per heavy atom. The first-order chi connectivity index (χ1) is 13.5. The zero-order valence-corrected chi connectivity index (χ0v) is 16.7.